The van der Waals surface area contributed by atoms with E-state index in [2.05, 4.69) is 10.1 Å². The minimum Gasteiger partial charge on any atom is -0.481 e. The minimum atomic E-state index is -3.78. The number of cyclic esters (lactones) is 2. The van der Waals surface area contributed by atoms with Gasteiger partial charge in [0.25, 0.3) is 0 Å². The van der Waals surface area contributed by atoms with Gasteiger partial charge in [-0.05, 0) is 135 Å². The molecule has 0 atom stereocenters. The number of carbonyl (C=O) groups is 8. The Morgan fingerprint density at radius 2 is 1.03 bits per heavy atom. The molecule has 2 aliphatic carbocycles. The van der Waals surface area contributed by atoms with E-state index in [9.17, 15) is 64.0 Å². The number of sulfonamides is 2. The lowest BCUT2D eigenvalue weighted by Crippen LogP contribution is -2.33. The lowest BCUT2D eigenvalue weighted by molar-refractivity contribution is -0.163. The molecule has 0 bridgehead atoms. The van der Waals surface area contributed by atoms with Crippen molar-refractivity contribution in [1.29, 1.82) is 0 Å². The minimum absolute atomic E-state index is 0.00488. The molecule has 4 aromatic carbocycles. The zero-order chi connectivity index (χ0) is 62.6. The summed E-state index contributed by atoms with van der Waals surface area (Å²) < 4.78 is 97.8. The van der Waals surface area contributed by atoms with Crippen LogP contribution in [0.3, 0.4) is 0 Å². The van der Waals surface area contributed by atoms with Crippen molar-refractivity contribution in [1.82, 2.24) is 5.32 Å². The van der Waals surface area contributed by atoms with Gasteiger partial charge in [-0.2, -0.15) is 0 Å². The van der Waals surface area contributed by atoms with Crippen molar-refractivity contribution in [2.45, 2.75) is 128 Å². The standard InChI is InChI=1S/C31H35FN2O8S.C26H29FN2O5S.C5H6O3/c1-3-26(36)30-24-16-23(19-9-10-19)25(17-27(24)42-31(30)20-11-13-21(32)14-12-20)34(43(2,40)41)15-5-6-22(35)18-33-28(37)7-4-8-29(38)39;1-3-23(31)25-21-13-20(16-6-7-16)22(29(35(2,32)33)12-4-5-19(30)15-28)14-24(21)34-26(25)17-8-10-18(27)11-9-17;6-4-2-1-3-5(7)8-4/h11-14,16-17,19H,3-10,15,18H2,1-2H3,(H,33,37)(H,38,39);8-11,13-14,16H,3-7,12,15,28H2,1-2H3;1-3H2. The van der Waals surface area contributed by atoms with Crippen LogP contribution in [0.15, 0.2) is 81.6 Å². The highest BCUT2D eigenvalue weighted by molar-refractivity contribution is 7.92. The molecule has 1 saturated heterocycles. The van der Waals surface area contributed by atoms with Crippen molar-refractivity contribution >= 4 is 100 Å². The Morgan fingerprint density at radius 1 is 0.616 bits per heavy atom. The highest BCUT2D eigenvalue weighted by atomic mass is 32.2. The predicted octanol–water partition coefficient (Wildman–Crippen LogP) is 10.2. The lowest BCUT2D eigenvalue weighted by atomic mass is 9.97. The number of anilines is 2. The number of halogens is 2. The topological polar surface area (TPSA) is 305 Å². The highest BCUT2D eigenvalue weighted by Crippen LogP contribution is 2.50. The fourth-order valence-corrected chi connectivity index (χ4v) is 11.9. The van der Waals surface area contributed by atoms with E-state index >= 15 is 0 Å². The quantitative estimate of drug-likeness (QED) is 0.0245. The molecule has 0 radical (unpaired) electrons. The van der Waals surface area contributed by atoms with Crippen LogP contribution in [0.4, 0.5) is 20.2 Å². The van der Waals surface area contributed by atoms with Crippen LogP contribution in [0, 0.1) is 11.6 Å². The van der Waals surface area contributed by atoms with E-state index in [-0.39, 0.29) is 124 Å². The fraction of sp³-hybridized carbons (Fsp3) is 0.419. The summed E-state index contributed by atoms with van der Waals surface area (Å²) in [6.07, 6.45) is 8.47. The lowest BCUT2D eigenvalue weighted by Gasteiger charge is -2.25. The average Bonchev–Trinajstić information content (AvgIpc) is 1.66. The van der Waals surface area contributed by atoms with Crippen LogP contribution in [0.2, 0.25) is 0 Å². The largest absolute Gasteiger partial charge is 0.481 e. The molecule has 3 aliphatic rings. The average molecular weight is 1230 g/mol. The van der Waals surface area contributed by atoms with E-state index in [1.54, 1.807) is 38.1 Å². The number of hydrogen-bond acceptors (Lipinski definition) is 16. The molecule has 3 heterocycles. The molecule has 1 aliphatic heterocycles. The number of ether oxygens (including phenoxy) is 1. The molecule has 86 heavy (non-hydrogen) atoms. The number of fused-ring (bicyclic) bond motifs is 2. The van der Waals surface area contributed by atoms with E-state index in [1.165, 1.54) is 45.0 Å². The van der Waals surface area contributed by atoms with E-state index in [0.29, 0.717) is 92.8 Å². The van der Waals surface area contributed by atoms with Gasteiger partial charge >= 0.3 is 17.9 Å². The number of aliphatic carboxylic acids is 1. The number of esters is 2. The monoisotopic (exact) mass is 1230 g/mol. The van der Waals surface area contributed by atoms with Gasteiger partial charge in [-0.25, -0.2) is 25.6 Å². The number of carboxylic acids is 1. The summed E-state index contributed by atoms with van der Waals surface area (Å²) in [4.78, 5) is 93.0. The first-order valence-corrected chi connectivity index (χ1v) is 32.2. The molecule has 1 amide bonds. The molecule has 460 valence electrons. The number of benzene rings is 4. The Bertz CT molecular complexity index is 3760. The van der Waals surface area contributed by atoms with Gasteiger partial charge in [0.05, 0.1) is 48.1 Å². The summed E-state index contributed by atoms with van der Waals surface area (Å²) in [6, 6.07) is 18.3. The Labute approximate surface area is 496 Å². The number of hydrogen-bond donors (Lipinski definition) is 3. The maximum absolute atomic E-state index is 13.6. The number of nitrogens with zero attached hydrogens (tertiary/aromatic N) is 2. The van der Waals surface area contributed by atoms with Crippen molar-refractivity contribution in [2.24, 2.45) is 5.73 Å². The van der Waals surface area contributed by atoms with Gasteiger partial charge in [-0.1, -0.05) is 13.8 Å². The maximum Gasteiger partial charge on any atom is 0.313 e. The van der Waals surface area contributed by atoms with Gasteiger partial charge in [-0.3, -0.25) is 47.0 Å². The molecular weight excluding hydrogens is 1160 g/mol. The third kappa shape index (κ3) is 17.4. The summed E-state index contributed by atoms with van der Waals surface area (Å²) in [5.41, 5.74) is 10.5. The number of nitrogens with two attached hydrogens (primary N) is 1. The third-order valence-electron chi connectivity index (χ3n) is 14.6. The molecule has 4 N–H and O–H groups in total. The van der Waals surface area contributed by atoms with Crippen molar-refractivity contribution in [3.8, 4) is 22.6 Å². The number of carboxylic acid groups (broad SMARTS) is 1. The molecular formula is C62H70F2N4O16S2. The molecule has 9 rings (SSSR count). The van der Waals surface area contributed by atoms with E-state index in [4.69, 9.17) is 19.7 Å². The second-order valence-corrected chi connectivity index (χ2v) is 25.2. The van der Waals surface area contributed by atoms with Gasteiger partial charge in [0.1, 0.15) is 40.1 Å². The fourth-order valence-electron chi connectivity index (χ4n) is 9.94. The van der Waals surface area contributed by atoms with Crippen LogP contribution in [0.1, 0.15) is 160 Å². The first-order chi connectivity index (χ1) is 40.8. The summed E-state index contributed by atoms with van der Waals surface area (Å²) in [6.45, 7) is 3.34. The van der Waals surface area contributed by atoms with E-state index in [0.717, 1.165) is 49.3 Å². The van der Waals surface area contributed by atoms with Crippen LogP contribution in [0.25, 0.3) is 44.6 Å². The van der Waals surface area contributed by atoms with Crippen molar-refractivity contribution < 1.29 is 82.7 Å². The normalized spacial score (nSPS) is 14.1. The van der Waals surface area contributed by atoms with Crippen molar-refractivity contribution in [3.05, 3.63) is 107 Å². The Balaban J connectivity index is 0.000000221. The van der Waals surface area contributed by atoms with E-state index in [1.807, 2.05) is 12.1 Å². The Morgan fingerprint density at radius 3 is 1.38 bits per heavy atom. The van der Waals surface area contributed by atoms with Crippen LogP contribution in [-0.2, 0) is 53.6 Å². The molecule has 3 fully saturated rings. The number of ketones is 4. The zero-order valence-corrected chi connectivity index (χ0v) is 50.0. The molecule has 20 nitrogen and oxygen atoms in total. The molecule has 0 spiro atoms. The molecule has 2 saturated carbocycles. The third-order valence-corrected chi connectivity index (χ3v) is 16.9. The van der Waals surface area contributed by atoms with Gasteiger partial charge in [0, 0.05) is 98.5 Å². The number of carbonyl (C=O) groups excluding carboxylic acids is 7. The zero-order valence-electron chi connectivity index (χ0n) is 48.3. The van der Waals surface area contributed by atoms with Crippen molar-refractivity contribution in [3.63, 3.8) is 0 Å². The van der Waals surface area contributed by atoms with Gasteiger partial charge in [-0.15, -0.1) is 0 Å². The highest BCUT2D eigenvalue weighted by Gasteiger charge is 2.35. The van der Waals surface area contributed by atoms with Crippen LogP contribution < -0.4 is 19.7 Å². The maximum atomic E-state index is 13.6. The van der Waals surface area contributed by atoms with E-state index < -0.39 is 43.6 Å². The number of amides is 1. The second-order valence-electron chi connectivity index (χ2n) is 21.4. The molecule has 2 aromatic heterocycles. The Hall–Kier alpha value is -7.96. The number of rotatable bonds is 27. The smallest absolute Gasteiger partial charge is 0.313 e. The number of nitrogens with one attached hydrogen (secondary N) is 1. The first kappa shape index (κ1) is 65.6. The van der Waals surface area contributed by atoms with Gasteiger partial charge in [0.15, 0.2) is 17.3 Å². The molecule has 6 aromatic rings. The Kier molecular flexibility index (Phi) is 22.1. The SMILES string of the molecule is CCC(=O)c1c(-c2ccc(F)cc2)oc2cc(N(CCCC(=O)CN)S(C)(=O)=O)c(C3CC3)cc12.CCC(=O)c1c(-c2ccc(F)cc2)oc2cc(N(CCCC(=O)CNC(=O)CCCC(=O)O)S(C)(=O)=O)c(C3CC3)cc12.O=C1CCCC(=O)O1. The predicted molar refractivity (Wildman–Crippen MR) is 318 cm³/mol. The van der Waals surface area contributed by atoms with Crippen LogP contribution in [-0.4, -0.2) is 108 Å². The summed E-state index contributed by atoms with van der Waals surface area (Å²) in [5, 5.41) is 12.3. The number of Topliss-reactive ketones (excluding diaryl/α,β-unsaturated/α-hetero) is 4. The number of furan rings is 2. The summed E-state index contributed by atoms with van der Waals surface area (Å²) in [7, 11) is -7.44. The van der Waals surface area contributed by atoms with Crippen LogP contribution in [0.5, 0.6) is 0 Å². The van der Waals surface area contributed by atoms with Crippen molar-refractivity contribution in [2.75, 3.05) is 47.3 Å². The van der Waals surface area contributed by atoms with Crippen LogP contribution >= 0.6 is 0 Å². The summed E-state index contributed by atoms with van der Waals surface area (Å²) >= 11 is 0. The first-order valence-electron chi connectivity index (χ1n) is 28.5. The molecule has 24 heteroatoms. The van der Waals surface area contributed by atoms with Gasteiger partial charge < -0.3 is 29.7 Å². The van der Waals surface area contributed by atoms with Gasteiger partial charge in [0.2, 0.25) is 26.0 Å². The molecule has 0 unspecified atom stereocenters. The summed E-state index contributed by atoms with van der Waals surface area (Å²) in [5.74, 6) is -2.79. The second kappa shape index (κ2) is 29.0.